The Labute approximate surface area is 146 Å². The SMILES string of the molecule is CCCCC/C=C/C=C1/C(=O)C=CC1CCCCCCC(=O)OC. The van der Waals surface area contributed by atoms with Gasteiger partial charge in [-0.15, -0.1) is 0 Å². The number of esters is 1. The molecular formula is C21H32O3. The average molecular weight is 332 g/mol. The molecule has 0 saturated carbocycles. The van der Waals surface area contributed by atoms with E-state index >= 15 is 0 Å². The summed E-state index contributed by atoms with van der Waals surface area (Å²) in [7, 11) is 1.43. The van der Waals surface area contributed by atoms with Crippen LogP contribution in [-0.4, -0.2) is 18.9 Å². The highest BCUT2D eigenvalue weighted by atomic mass is 16.5. The van der Waals surface area contributed by atoms with Gasteiger partial charge < -0.3 is 4.74 Å². The van der Waals surface area contributed by atoms with Crippen LogP contribution in [0.2, 0.25) is 0 Å². The van der Waals surface area contributed by atoms with Crippen LogP contribution >= 0.6 is 0 Å². The van der Waals surface area contributed by atoms with E-state index in [1.54, 1.807) is 6.08 Å². The predicted octanol–water partition coefficient (Wildman–Crippen LogP) is 5.32. The van der Waals surface area contributed by atoms with Gasteiger partial charge in [0.25, 0.3) is 0 Å². The van der Waals surface area contributed by atoms with E-state index in [0.29, 0.717) is 6.42 Å². The van der Waals surface area contributed by atoms with Crippen molar-refractivity contribution in [2.24, 2.45) is 5.92 Å². The molecule has 0 amide bonds. The summed E-state index contributed by atoms with van der Waals surface area (Å²) in [6.45, 7) is 2.20. The lowest BCUT2D eigenvalue weighted by Gasteiger charge is -2.09. The minimum Gasteiger partial charge on any atom is -0.469 e. The number of allylic oxidation sites excluding steroid dienone is 6. The fourth-order valence-corrected chi connectivity index (χ4v) is 2.91. The normalized spacial score (nSPS) is 18.8. The number of carbonyl (C=O) groups excluding carboxylic acids is 2. The van der Waals surface area contributed by atoms with E-state index in [4.69, 9.17) is 0 Å². The van der Waals surface area contributed by atoms with Gasteiger partial charge in [0, 0.05) is 17.9 Å². The molecule has 1 rings (SSSR count). The second-order valence-electron chi connectivity index (χ2n) is 6.40. The minimum absolute atomic E-state index is 0.129. The molecule has 0 saturated heterocycles. The van der Waals surface area contributed by atoms with Gasteiger partial charge in [-0.2, -0.15) is 0 Å². The fourth-order valence-electron chi connectivity index (χ4n) is 2.91. The Morgan fingerprint density at radius 1 is 1.17 bits per heavy atom. The van der Waals surface area contributed by atoms with Gasteiger partial charge in [0.15, 0.2) is 5.78 Å². The number of hydrogen-bond donors (Lipinski definition) is 0. The lowest BCUT2D eigenvalue weighted by molar-refractivity contribution is -0.140. The smallest absolute Gasteiger partial charge is 0.305 e. The average Bonchev–Trinajstić information content (AvgIpc) is 2.94. The number of unbranched alkanes of at least 4 members (excludes halogenated alkanes) is 6. The van der Waals surface area contributed by atoms with E-state index in [0.717, 1.165) is 44.1 Å². The van der Waals surface area contributed by atoms with Crippen LogP contribution in [0.3, 0.4) is 0 Å². The largest absolute Gasteiger partial charge is 0.469 e. The Kier molecular flexibility index (Phi) is 10.8. The van der Waals surface area contributed by atoms with Crippen molar-refractivity contribution < 1.29 is 14.3 Å². The summed E-state index contributed by atoms with van der Waals surface area (Å²) in [6.07, 6.45) is 20.4. The molecule has 1 aliphatic carbocycles. The lowest BCUT2D eigenvalue weighted by Crippen LogP contribution is -2.03. The molecule has 0 aromatic carbocycles. The van der Waals surface area contributed by atoms with Crippen molar-refractivity contribution >= 4 is 11.8 Å². The van der Waals surface area contributed by atoms with Gasteiger partial charge in [-0.1, -0.05) is 63.3 Å². The van der Waals surface area contributed by atoms with Crippen molar-refractivity contribution in [3.63, 3.8) is 0 Å². The number of hydrogen-bond acceptors (Lipinski definition) is 3. The lowest BCUT2D eigenvalue weighted by atomic mass is 9.94. The van der Waals surface area contributed by atoms with Gasteiger partial charge in [0.2, 0.25) is 0 Å². The Balaban J connectivity index is 2.26. The Morgan fingerprint density at radius 2 is 1.96 bits per heavy atom. The van der Waals surface area contributed by atoms with Gasteiger partial charge >= 0.3 is 5.97 Å². The second-order valence-corrected chi connectivity index (χ2v) is 6.40. The molecule has 0 fully saturated rings. The standard InChI is InChI=1S/C21H32O3/c1-3-4-5-6-7-11-14-19-18(16-17-20(19)22)13-10-8-9-12-15-21(23)24-2/h7,11,14,16-18H,3-6,8-10,12-13,15H2,1-2H3/b11-7+,19-14+. The molecule has 0 aromatic rings. The summed E-state index contributed by atoms with van der Waals surface area (Å²) >= 11 is 0. The Hall–Kier alpha value is -1.64. The molecule has 0 heterocycles. The summed E-state index contributed by atoms with van der Waals surface area (Å²) in [5, 5.41) is 0. The number of rotatable bonds is 12. The number of ether oxygens (including phenoxy) is 1. The highest BCUT2D eigenvalue weighted by molar-refractivity contribution is 6.07. The van der Waals surface area contributed by atoms with Crippen molar-refractivity contribution in [2.75, 3.05) is 7.11 Å². The first kappa shape index (κ1) is 20.4. The Bertz CT molecular complexity index is 471. The molecule has 0 radical (unpaired) electrons. The predicted molar refractivity (Wildman–Crippen MR) is 98.7 cm³/mol. The topological polar surface area (TPSA) is 43.4 Å². The van der Waals surface area contributed by atoms with Crippen LogP contribution in [0.4, 0.5) is 0 Å². The molecule has 0 aromatic heterocycles. The van der Waals surface area contributed by atoms with E-state index in [1.807, 2.05) is 18.2 Å². The molecule has 0 aliphatic heterocycles. The van der Waals surface area contributed by atoms with Crippen LogP contribution < -0.4 is 0 Å². The summed E-state index contributed by atoms with van der Waals surface area (Å²) in [5.74, 6) is 0.289. The van der Waals surface area contributed by atoms with Crippen LogP contribution in [0.5, 0.6) is 0 Å². The number of carbonyl (C=O) groups is 2. The van der Waals surface area contributed by atoms with E-state index in [-0.39, 0.29) is 17.7 Å². The number of methoxy groups -OCH3 is 1. The molecule has 24 heavy (non-hydrogen) atoms. The first-order valence-corrected chi connectivity index (χ1v) is 9.35. The molecule has 0 N–H and O–H groups in total. The molecule has 1 aliphatic rings. The van der Waals surface area contributed by atoms with Crippen LogP contribution in [0.1, 0.15) is 71.1 Å². The molecule has 0 bridgehead atoms. The van der Waals surface area contributed by atoms with Crippen molar-refractivity contribution in [2.45, 2.75) is 71.1 Å². The molecule has 0 spiro atoms. The van der Waals surface area contributed by atoms with Crippen molar-refractivity contribution in [1.82, 2.24) is 0 Å². The van der Waals surface area contributed by atoms with Gasteiger partial charge in [0.05, 0.1) is 7.11 Å². The number of ketones is 1. The van der Waals surface area contributed by atoms with Crippen LogP contribution in [0.15, 0.2) is 36.0 Å². The molecule has 3 nitrogen and oxygen atoms in total. The van der Waals surface area contributed by atoms with Gasteiger partial charge in [0.1, 0.15) is 0 Å². The summed E-state index contributed by atoms with van der Waals surface area (Å²) < 4.78 is 4.63. The van der Waals surface area contributed by atoms with E-state index in [2.05, 4.69) is 17.7 Å². The van der Waals surface area contributed by atoms with Crippen molar-refractivity contribution in [3.8, 4) is 0 Å². The first-order valence-electron chi connectivity index (χ1n) is 9.35. The third-order valence-electron chi connectivity index (χ3n) is 4.42. The maximum atomic E-state index is 12.0. The summed E-state index contributed by atoms with van der Waals surface area (Å²) in [4.78, 5) is 23.0. The molecule has 1 unspecified atom stereocenters. The van der Waals surface area contributed by atoms with Gasteiger partial charge in [-0.3, -0.25) is 9.59 Å². The quantitative estimate of drug-likeness (QED) is 0.276. The minimum atomic E-state index is -0.129. The van der Waals surface area contributed by atoms with E-state index < -0.39 is 0 Å². The maximum absolute atomic E-state index is 12.0. The van der Waals surface area contributed by atoms with Crippen molar-refractivity contribution in [3.05, 3.63) is 36.0 Å². The van der Waals surface area contributed by atoms with E-state index in [9.17, 15) is 9.59 Å². The molecule has 3 heteroatoms. The Morgan fingerprint density at radius 3 is 2.71 bits per heavy atom. The summed E-state index contributed by atoms with van der Waals surface area (Å²) in [5.41, 5.74) is 0.927. The zero-order valence-corrected chi connectivity index (χ0v) is 15.3. The highest BCUT2D eigenvalue weighted by Gasteiger charge is 2.21. The van der Waals surface area contributed by atoms with Crippen LogP contribution in [-0.2, 0) is 14.3 Å². The van der Waals surface area contributed by atoms with Crippen LogP contribution in [0.25, 0.3) is 0 Å². The monoisotopic (exact) mass is 332 g/mol. The molecule has 134 valence electrons. The maximum Gasteiger partial charge on any atom is 0.305 e. The third kappa shape index (κ3) is 8.28. The van der Waals surface area contributed by atoms with E-state index in [1.165, 1.54) is 26.4 Å². The zero-order chi connectivity index (χ0) is 17.6. The van der Waals surface area contributed by atoms with Gasteiger partial charge in [-0.05, 0) is 31.8 Å². The second kappa shape index (κ2) is 12.7. The van der Waals surface area contributed by atoms with Crippen LogP contribution in [0, 0.1) is 5.92 Å². The molecule has 1 atom stereocenters. The third-order valence-corrected chi connectivity index (χ3v) is 4.42. The zero-order valence-electron chi connectivity index (χ0n) is 15.3. The fraction of sp³-hybridized carbons (Fsp3) is 0.619. The van der Waals surface area contributed by atoms with Crippen molar-refractivity contribution in [1.29, 1.82) is 0 Å². The molecular weight excluding hydrogens is 300 g/mol. The highest BCUT2D eigenvalue weighted by Crippen LogP contribution is 2.27. The first-order chi connectivity index (χ1) is 11.7. The van der Waals surface area contributed by atoms with Gasteiger partial charge in [-0.25, -0.2) is 0 Å². The summed E-state index contributed by atoms with van der Waals surface area (Å²) in [6, 6.07) is 0.